The third kappa shape index (κ3) is 4.36. The lowest BCUT2D eigenvalue weighted by Crippen LogP contribution is -2.74. The molecule has 9 nitrogen and oxygen atoms in total. The summed E-state index contributed by atoms with van der Waals surface area (Å²) in [5.74, 6) is 0.802. The number of pyridine rings is 1. The Hall–Kier alpha value is -3.17. The molecule has 5 saturated heterocycles. The predicted molar refractivity (Wildman–Crippen MR) is 150 cm³/mol. The highest BCUT2D eigenvalue weighted by molar-refractivity contribution is 5.85. The Labute approximate surface area is 229 Å². The smallest absolute Gasteiger partial charge is 0.241 e. The number of hydrogen-bond acceptors (Lipinski definition) is 7. The lowest BCUT2D eigenvalue weighted by molar-refractivity contribution is -0.141. The molecule has 5 aliphatic rings. The number of carbonyl (C=O) groups excluding carboxylic acids is 1. The molecule has 1 aromatic carbocycles. The molecule has 0 saturated carbocycles. The van der Waals surface area contributed by atoms with Crippen LogP contribution in [0, 0.1) is 5.92 Å². The van der Waals surface area contributed by atoms with Crippen molar-refractivity contribution in [3.8, 4) is 17.1 Å². The maximum atomic E-state index is 11.8. The second kappa shape index (κ2) is 9.78. The maximum Gasteiger partial charge on any atom is 0.241 e. The summed E-state index contributed by atoms with van der Waals surface area (Å²) in [6, 6.07) is 13.0. The number of aromatic nitrogens is 3. The number of nitrogens with zero attached hydrogens (tertiary/aromatic N) is 5. The van der Waals surface area contributed by atoms with Gasteiger partial charge in [0.25, 0.3) is 0 Å². The molecular weight excluding hydrogens is 492 g/mol. The SMILES string of the molecule is CCC(C)n1cnc2cc(-c3ccc(N4CC5CC(C4)N5C4COC4)cc3)nc(OC(C)C3CNC(=O)C3)c21. The lowest BCUT2D eigenvalue weighted by atomic mass is 9.84. The van der Waals surface area contributed by atoms with Crippen molar-refractivity contribution in [3.63, 3.8) is 0 Å². The number of rotatable bonds is 8. The molecule has 5 atom stereocenters. The summed E-state index contributed by atoms with van der Waals surface area (Å²) in [7, 11) is 0. The molecule has 7 heterocycles. The van der Waals surface area contributed by atoms with Gasteiger partial charge in [-0.25, -0.2) is 9.97 Å². The van der Waals surface area contributed by atoms with Crippen molar-refractivity contribution in [1.82, 2.24) is 24.8 Å². The zero-order valence-corrected chi connectivity index (χ0v) is 23.0. The Morgan fingerprint density at radius 1 is 1.13 bits per heavy atom. The molecule has 39 heavy (non-hydrogen) atoms. The summed E-state index contributed by atoms with van der Waals surface area (Å²) in [5.41, 5.74) is 4.96. The van der Waals surface area contributed by atoms with E-state index in [4.69, 9.17) is 19.4 Å². The van der Waals surface area contributed by atoms with Crippen LogP contribution < -0.4 is 15.0 Å². The van der Waals surface area contributed by atoms with Crippen molar-refractivity contribution in [3.05, 3.63) is 36.7 Å². The van der Waals surface area contributed by atoms with Gasteiger partial charge in [-0.15, -0.1) is 0 Å². The standard InChI is InChI=1S/C30H38N6O3/c1-4-18(2)35-17-32-27-11-26(33-30(29(27)35)39-19(3)21-9-28(37)31-12-21)20-5-7-22(8-6-20)34-13-23-10-24(14-34)36(23)25-15-38-16-25/h5-8,11,17-19,21,23-25H,4,9-10,12-16H2,1-3H3,(H,31,37). The molecule has 5 fully saturated rings. The number of nitrogens with one attached hydrogen (secondary N) is 1. The number of anilines is 1. The molecule has 206 valence electrons. The monoisotopic (exact) mass is 530 g/mol. The first-order valence-corrected chi connectivity index (χ1v) is 14.5. The number of hydrogen-bond donors (Lipinski definition) is 1. The molecule has 2 bridgehead atoms. The van der Waals surface area contributed by atoms with Crippen molar-refractivity contribution in [1.29, 1.82) is 0 Å². The highest BCUT2D eigenvalue weighted by atomic mass is 16.5. The van der Waals surface area contributed by atoms with Gasteiger partial charge in [0.2, 0.25) is 11.8 Å². The number of fused-ring (bicyclic) bond motifs is 3. The van der Waals surface area contributed by atoms with E-state index in [2.05, 4.69) is 63.9 Å². The van der Waals surface area contributed by atoms with E-state index < -0.39 is 0 Å². The number of amides is 1. The quantitative estimate of drug-likeness (QED) is 0.476. The van der Waals surface area contributed by atoms with Gasteiger partial charge in [-0.1, -0.05) is 19.1 Å². The molecule has 1 amide bonds. The van der Waals surface area contributed by atoms with Crippen LogP contribution in [0.25, 0.3) is 22.3 Å². The van der Waals surface area contributed by atoms with Gasteiger partial charge in [0.05, 0.1) is 36.8 Å². The molecule has 5 unspecified atom stereocenters. The zero-order chi connectivity index (χ0) is 26.7. The van der Waals surface area contributed by atoms with E-state index >= 15 is 0 Å². The molecular formula is C30H38N6O3. The number of piperazine rings is 1. The van der Waals surface area contributed by atoms with Crippen LogP contribution in [0.15, 0.2) is 36.7 Å². The predicted octanol–water partition coefficient (Wildman–Crippen LogP) is 3.63. The number of piperidine rings is 1. The number of benzene rings is 1. The number of imidazole rings is 1. The van der Waals surface area contributed by atoms with Gasteiger partial charge in [-0.3, -0.25) is 9.69 Å². The van der Waals surface area contributed by atoms with Crippen LogP contribution in [0.5, 0.6) is 5.88 Å². The fraction of sp³-hybridized carbons (Fsp3) is 0.567. The molecule has 9 heteroatoms. The normalized spacial score (nSPS) is 26.7. The summed E-state index contributed by atoms with van der Waals surface area (Å²) in [4.78, 5) is 26.8. The van der Waals surface area contributed by atoms with Crippen LogP contribution >= 0.6 is 0 Å². The third-order valence-corrected chi connectivity index (χ3v) is 9.38. The molecule has 3 aromatic rings. The van der Waals surface area contributed by atoms with Crippen LogP contribution in [0.2, 0.25) is 0 Å². The van der Waals surface area contributed by atoms with Crippen LogP contribution in [0.4, 0.5) is 5.69 Å². The summed E-state index contributed by atoms with van der Waals surface area (Å²) >= 11 is 0. The average molecular weight is 531 g/mol. The van der Waals surface area contributed by atoms with E-state index in [1.54, 1.807) is 0 Å². The van der Waals surface area contributed by atoms with E-state index in [1.165, 1.54) is 12.1 Å². The maximum absolute atomic E-state index is 11.8. The number of ether oxygens (including phenoxy) is 2. The lowest BCUT2D eigenvalue weighted by Gasteiger charge is -2.61. The van der Waals surface area contributed by atoms with E-state index in [0.29, 0.717) is 37.0 Å². The second-order valence-corrected chi connectivity index (χ2v) is 11.8. The average Bonchev–Trinajstić information content (AvgIpc) is 3.57. The highest BCUT2D eigenvalue weighted by Crippen LogP contribution is 2.39. The second-order valence-electron chi connectivity index (χ2n) is 11.8. The Morgan fingerprint density at radius 3 is 2.54 bits per heavy atom. The van der Waals surface area contributed by atoms with Gasteiger partial charge in [0, 0.05) is 61.3 Å². The molecule has 2 aromatic heterocycles. The summed E-state index contributed by atoms with van der Waals surface area (Å²) in [6.45, 7) is 11.0. The summed E-state index contributed by atoms with van der Waals surface area (Å²) in [6.07, 6.45) is 4.53. The Bertz CT molecular complexity index is 1360. The first-order valence-electron chi connectivity index (χ1n) is 14.5. The van der Waals surface area contributed by atoms with Gasteiger partial charge in [-0.2, -0.15) is 0 Å². The van der Waals surface area contributed by atoms with E-state index in [9.17, 15) is 4.79 Å². The first-order chi connectivity index (χ1) is 19.0. The van der Waals surface area contributed by atoms with E-state index in [0.717, 1.165) is 55.0 Å². The van der Waals surface area contributed by atoms with Crippen LogP contribution in [0.1, 0.15) is 46.1 Å². The van der Waals surface area contributed by atoms with Crippen molar-refractivity contribution < 1.29 is 14.3 Å². The minimum atomic E-state index is -0.144. The summed E-state index contributed by atoms with van der Waals surface area (Å²) < 4.78 is 14.1. The first kappa shape index (κ1) is 24.8. The molecule has 1 N–H and O–H groups in total. The van der Waals surface area contributed by atoms with E-state index in [1.807, 2.05) is 13.3 Å². The fourth-order valence-corrected chi connectivity index (χ4v) is 6.70. The molecule has 0 aliphatic carbocycles. The number of carbonyl (C=O) groups is 1. The van der Waals surface area contributed by atoms with Crippen molar-refractivity contribution >= 4 is 22.6 Å². The Kier molecular flexibility index (Phi) is 6.23. The molecule has 0 radical (unpaired) electrons. The minimum absolute atomic E-state index is 0.0859. The van der Waals surface area contributed by atoms with Gasteiger partial charge in [0.1, 0.15) is 11.6 Å². The van der Waals surface area contributed by atoms with Gasteiger partial charge in [0.15, 0.2) is 0 Å². The van der Waals surface area contributed by atoms with E-state index in [-0.39, 0.29) is 24.0 Å². The van der Waals surface area contributed by atoms with Gasteiger partial charge < -0.3 is 24.3 Å². The fourth-order valence-electron chi connectivity index (χ4n) is 6.70. The van der Waals surface area contributed by atoms with Gasteiger partial charge in [-0.05, 0) is 44.9 Å². The largest absolute Gasteiger partial charge is 0.473 e. The van der Waals surface area contributed by atoms with Crippen LogP contribution in [-0.4, -0.2) is 82.4 Å². The minimum Gasteiger partial charge on any atom is -0.473 e. The van der Waals surface area contributed by atoms with Crippen molar-refractivity contribution in [2.75, 3.05) is 37.7 Å². The van der Waals surface area contributed by atoms with Crippen LogP contribution in [-0.2, 0) is 9.53 Å². The molecule has 0 spiro atoms. The highest BCUT2D eigenvalue weighted by Gasteiger charge is 2.49. The Balaban J connectivity index is 1.15. The topological polar surface area (TPSA) is 84.8 Å². The zero-order valence-electron chi connectivity index (χ0n) is 23.0. The van der Waals surface area contributed by atoms with Crippen LogP contribution in [0.3, 0.4) is 0 Å². The Morgan fingerprint density at radius 2 is 1.90 bits per heavy atom. The summed E-state index contributed by atoms with van der Waals surface area (Å²) in [5, 5.41) is 2.93. The van der Waals surface area contributed by atoms with Crippen molar-refractivity contribution in [2.24, 2.45) is 5.92 Å². The third-order valence-electron chi connectivity index (χ3n) is 9.38. The van der Waals surface area contributed by atoms with Crippen molar-refractivity contribution in [2.45, 2.75) is 70.3 Å². The molecule has 5 aliphatic heterocycles. The molecule has 8 rings (SSSR count). The van der Waals surface area contributed by atoms with Gasteiger partial charge >= 0.3 is 0 Å².